The van der Waals surface area contributed by atoms with Gasteiger partial charge in [0.25, 0.3) is 0 Å². The number of hydrogen-bond acceptors (Lipinski definition) is 2. The van der Waals surface area contributed by atoms with E-state index in [4.69, 9.17) is 4.74 Å². The first-order chi connectivity index (χ1) is 7.94. The molecule has 0 radical (unpaired) electrons. The normalized spacial score (nSPS) is 13.2. The fraction of sp³-hybridized carbons (Fsp3) is 0.533. The van der Waals surface area contributed by atoms with Crippen molar-refractivity contribution >= 4 is 5.97 Å². The van der Waals surface area contributed by atoms with Crippen molar-refractivity contribution in [3.63, 3.8) is 0 Å². The summed E-state index contributed by atoms with van der Waals surface area (Å²) in [5.41, 5.74) is 1.05. The number of ether oxygens (including phenoxy) is 1. The van der Waals surface area contributed by atoms with E-state index in [1.54, 1.807) is 0 Å². The Bertz CT molecular complexity index is 349. The molecular weight excluding hydrogens is 212 g/mol. The highest BCUT2D eigenvalue weighted by atomic mass is 16.5. The lowest BCUT2D eigenvalue weighted by molar-refractivity contribution is -0.148. The van der Waals surface area contributed by atoms with Crippen molar-refractivity contribution in [2.24, 2.45) is 5.41 Å². The molecule has 2 nitrogen and oxygen atoms in total. The van der Waals surface area contributed by atoms with Crippen molar-refractivity contribution in [1.82, 2.24) is 0 Å². The Morgan fingerprint density at radius 3 is 2.29 bits per heavy atom. The van der Waals surface area contributed by atoms with Gasteiger partial charge in [0.1, 0.15) is 0 Å². The van der Waals surface area contributed by atoms with E-state index < -0.39 is 0 Å². The lowest BCUT2D eigenvalue weighted by Crippen LogP contribution is -2.22. The SMILES string of the molecule is CCC(C(=O)OCC(C)(C)C)c1ccccc1. The molecule has 94 valence electrons. The van der Waals surface area contributed by atoms with Crippen LogP contribution in [-0.4, -0.2) is 12.6 Å². The van der Waals surface area contributed by atoms with Gasteiger partial charge in [0.05, 0.1) is 12.5 Å². The van der Waals surface area contributed by atoms with E-state index in [2.05, 4.69) is 20.8 Å². The number of carbonyl (C=O) groups is 1. The monoisotopic (exact) mass is 234 g/mol. The molecule has 0 N–H and O–H groups in total. The smallest absolute Gasteiger partial charge is 0.313 e. The second-order valence-corrected chi connectivity index (χ2v) is 5.54. The Hall–Kier alpha value is -1.31. The van der Waals surface area contributed by atoms with Crippen LogP contribution in [0.1, 0.15) is 45.6 Å². The molecule has 0 fully saturated rings. The average molecular weight is 234 g/mol. The largest absolute Gasteiger partial charge is 0.465 e. The summed E-state index contributed by atoms with van der Waals surface area (Å²) in [4.78, 5) is 12.0. The Kier molecular flexibility index (Phi) is 4.73. The number of carbonyl (C=O) groups excluding carboxylic acids is 1. The van der Waals surface area contributed by atoms with Gasteiger partial charge in [-0.3, -0.25) is 4.79 Å². The Labute approximate surface area is 104 Å². The third-order valence-electron chi connectivity index (χ3n) is 2.54. The summed E-state index contributed by atoms with van der Waals surface area (Å²) in [6.45, 7) is 8.66. The van der Waals surface area contributed by atoms with E-state index in [1.165, 1.54) is 0 Å². The van der Waals surface area contributed by atoms with Crippen LogP contribution in [0.15, 0.2) is 30.3 Å². The molecule has 1 aromatic rings. The van der Waals surface area contributed by atoms with Crippen LogP contribution in [0, 0.1) is 5.41 Å². The summed E-state index contributed by atoms with van der Waals surface area (Å²) in [6.07, 6.45) is 0.771. The predicted octanol–water partition coefficient (Wildman–Crippen LogP) is 3.77. The van der Waals surface area contributed by atoms with Gasteiger partial charge < -0.3 is 4.74 Å². The predicted molar refractivity (Wildman–Crippen MR) is 69.9 cm³/mol. The lowest BCUT2D eigenvalue weighted by atomic mass is 9.96. The van der Waals surface area contributed by atoms with Gasteiger partial charge in [0.2, 0.25) is 0 Å². The third-order valence-corrected chi connectivity index (χ3v) is 2.54. The van der Waals surface area contributed by atoms with Crippen molar-refractivity contribution in [1.29, 1.82) is 0 Å². The fourth-order valence-electron chi connectivity index (χ4n) is 1.61. The molecule has 0 amide bonds. The highest BCUT2D eigenvalue weighted by Gasteiger charge is 2.22. The molecule has 1 rings (SSSR count). The summed E-state index contributed by atoms with van der Waals surface area (Å²) < 4.78 is 5.37. The van der Waals surface area contributed by atoms with Gasteiger partial charge in [-0.05, 0) is 17.4 Å². The first-order valence-corrected chi connectivity index (χ1v) is 6.15. The van der Waals surface area contributed by atoms with E-state index in [9.17, 15) is 4.79 Å². The van der Waals surface area contributed by atoms with Crippen LogP contribution in [0.25, 0.3) is 0 Å². The van der Waals surface area contributed by atoms with Crippen molar-refractivity contribution in [2.75, 3.05) is 6.61 Å². The molecule has 1 atom stereocenters. The van der Waals surface area contributed by atoms with Crippen molar-refractivity contribution in [3.8, 4) is 0 Å². The van der Waals surface area contributed by atoms with Crippen LogP contribution >= 0.6 is 0 Å². The maximum Gasteiger partial charge on any atom is 0.313 e. The number of esters is 1. The Balaban J connectivity index is 2.66. The maximum absolute atomic E-state index is 12.0. The lowest BCUT2D eigenvalue weighted by Gasteiger charge is -2.21. The third kappa shape index (κ3) is 4.59. The van der Waals surface area contributed by atoms with Gasteiger partial charge in [-0.15, -0.1) is 0 Å². The average Bonchev–Trinajstić information content (AvgIpc) is 2.28. The molecular formula is C15H22O2. The molecule has 1 aromatic carbocycles. The number of hydrogen-bond donors (Lipinski definition) is 0. The number of rotatable bonds is 4. The summed E-state index contributed by atoms with van der Waals surface area (Å²) in [5, 5.41) is 0. The molecule has 0 aliphatic rings. The van der Waals surface area contributed by atoms with E-state index in [1.807, 2.05) is 37.3 Å². The van der Waals surface area contributed by atoms with Gasteiger partial charge in [-0.25, -0.2) is 0 Å². The molecule has 0 saturated carbocycles. The molecule has 0 aliphatic carbocycles. The summed E-state index contributed by atoms with van der Waals surface area (Å²) >= 11 is 0. The van der Waals surface area contributed by atoms with Gasteiger partial charge in [-0.1, -0.05) is 58.0 Å². The van der Waals surface area contributed by atoms with Crippen LogP contribution in [0.5, 0.6) is 0 Å². The van der Waals surface area contributed by atoms with Crippen molar-refractivity contribution in [3.05, 3.63) is 35.9 Å². The fourth-order valence-corrected chi connectivity index (χ4v) is 1.61. The molecule has 0 saturated heterocycles. The summed E-state index contributed by atoms with van der Waals surface area (Å²) in [6, 6.07) is 9.82. The Morgan fingerprint density at radius 2 is 1.82 bits per heavy atom. The molecule has 1 unspecified atom stereocenters. The number of benzene rings is 1. The summed E-state index contributed by atoms with van der Waals surface area (Å²) in [7, 11) is 0. The Morgan fingerprint density at radius 1 is 1.24 bits per heavy atom. The van der Waals surface area contributed by atoms with Gasteiger partial charge in [0, 0.05) is 0 Å². The van der Waals surface area contributed by atoms with E-state index >= 15 is 0 Å². The second-order valence-electron chi connectivity index (χ2n) is 5.54. The van der Waals surface area contributed by atoms with Gasteiger partial charge >= 0.3 is 5.97 Å². The maximum atomic E-state index is 12.0. The van der Waals surface area contributed by atoms with E-state index in [0.29, 0.717) is 6.61 Å². The van der Waals surface area contributed by atoms with Crippen LogP contribution in [0.3, 0.4) is 0 Å². The van der Waals surface area contributed by atoms with Crippen LogP contribution in [0.4, 0.5) is 0 Å². The summed E-state index contributed by atoms with van der Waals surface area (Å²) in [5.74, 6) is -0.257. The molecule has 0 heterocycles. The quantitative estimate of drug-likeness (QED) is 0.741. The van der Waals surface area contributed by atoms with Crippen LogP contribution in [-0.2, 0) is 9.53 Å². The van der Waals surface area contributed by atoms with Crippen molar-refractivity contribution in [2.45, 2.75) is 40.0 Å². The molecule has 2 heteroatoms. The molecule has 17 heavy (non-hydrogen) atoms. The van der Waals surface area contributed by atoms with Gasteiger partial charge in [0.15, 0.2) is 0 Å². The molecule has 0 aromatic heterocycles. The highest BCUT2D eigenvalue weighted by molar-refractivity contribution is 5.78. The topological polar surface area (TPSA) is 26.3 Å². The first-order valence-electron chi connectivity index (χ1n) is 6.15. The zero-order valence-electron chi connectivity index (χ0n) is 11.2. The minimum atomic E-state index is -0.140. The first kappa shape index (κ1) is 13.8. The standard InChI is InChI=1S/C15H22O2/c1-5-13(12-9-7-6-8-10-12)14(16)17-11-15(2,3)4/h6-10,13H,5,11H2,1-4H3. The minimum absolute atomic E-state index is 0.0185. The van der Waals surface area contributed by atoms with Gasteiger partial charge in [-0.2, -0.15) is 0 Å². The molecule has 0 aliphatic heterocycles. The zero-order chi connectivity index (χ0) is 12.9. The second kappa shape index (κ2) is 5.85. The van der Waals surface area contributed by atoms with E-state index in [0.717, 1.165) is 12.0 Å². The minimum Gasteiger partial charge on any atom is -0.465 e. The van der Waals surface area contributed by atoms with E-state index in [-0.39, 0.29) is 17.3 Å². The van der Waals surface area contributed by atoms with Crippen LogP contribution < -0.4 is 0 Å². The zero-order valence-corrected chi connectivity index (χ0v) is 11.2. The molecule has 0 bridgehead atoms. The van der Waals surface area contributed by atoms with Crippen LogP contribution in [0.2, 0.25) is 0 Å². The molecule has 0 spiro atoms. The highest BCUT2D eigenvalue weighted by Crippen LogP contribution is 2.22. The van der Waals surface area contributed by atoms with Crippen molar-refractivity contribution < 1.29 is 9.53 Å².